The van der Waals surface area contributed by atoms with Crippen LogP contribution in [0.15, 0.2) is 72.6 Å². The minimum Gasteiger partial charge on any atom is -0.504 e. The van der Waals surface area contributed by atoms with Gasteiger partial charge in [-0.15, -0.1) is 0 Å². The van der Waals surface area contributed by atoms with Crippen LogP contribution in [0.25, 0.3) is 4.98 Å². The average molecular weight is 395 g/mol. The molecule has 0 saturated carbocycles. The topological polar surface area (TPSA) is 116 Å². The van der Waals surface area contributed by atoms with Gasteiger partial charge in [-0.2, -0.15) is 0 Å². The predicted molar refractivity (Wildman–Crippen MR) is 107 cm³/mol. The van der Waals surface area contributed by atoms with E-state index < -0.39 is 24.1 Å². The molecule has 0 spiro atoms. The van der Waals surface area contributed by atoms with Crippen LogP contribution in [-0.4, -0.2) is 29.2 Å². The lowest BCUT2D eigenvalue weighted by Gasteiger charge is -2.20. The van der Waals surface area contributed by atoms with Gasteiger partial charge in [-0.05, 0) is 18.1 Å². The molecule has 0 aromatic heterocycles. The van der Waals surface area contributed by atoms with Crippen LogP contribution in [0.3, 0.4) is 0 Å². The Hall–Kier alpha value is -3.86. The maximum absolute atomic E-state index is 12.4. The Bertz CT molecular complexity index is 879. The molecule has 8 nitrogen and oxygen atoms in total. The second-order valence-electron chi connectivity index (χ2n) is 6.35. The summed E-state index contributed by atoms with van der Waals surface area (Å²) in [5, 5.41) is 23.8. The number of carbonyl (C=O) groups excluding carboxylic acids is 2. The Balaban J connectivity index is 1.92. The third-order valence-corrected chi connectivity index (χ3v) is 4.09. The van der Waals surface area contributed by atoms with E-state index in [4.69, 9.17) is 10.1 Å². The molecule has 150 valence electrons. The molecule has 8 heteroatoms. The number of amides is 2. The van der Waals surface area contributed by atoms with Crippen LogP contribution in [0.2, 0.25) is 0 Å². The number of aliphatic hydroxyl groups excluding tert-OH is 1. The van der Waals surface area contributed by atoms with Crippen molar-refractivity contribution >= 4 is 12.0 Å². The van der Waals surface area contributed by atoms with Crippen LogP contribution < -0.4 is 10.6 Å². The summed E-state index contributed by atoms with van der Waals surface area (Å²) < 4.78 is 5.10. The lowest BCUT2D eigenvalue weighted by atomic mass is 10.0. The first-order valence-electron chi connectivity index (χ1n) is 9.04. The van der Waals surface area contributed by atoms with Crippen molar-refractivity contribution in [3.05, 3.63) is 88.7 Å². The first-order chi connectivity index (χ1) is 14.0. The Morgan fingerprint density at radius 2 is 1.66 bits per heavy atom. The van der Waals surface area contributed by atoms with E-state index in [2.05, 4.69) is 15.6 Å². The highest BCUT2D eigenvalue weighted by atomic mass is 16.5. The minimum atomic E-state index is -0.907. The molecular weight excluding hydrogens is 372 g/mol. The monoisotopic (exact) mass is 395 g/mol. The van der Waals surface area contributed by atoms with Gasteiger partial charge < -0.3 is 20.5 Å². The molecule has 0 saturated heterocycles. The number of hydrogen-bond donors (Lipinski definition) is 3. The highest BCUT2D eigenvalue weighted by Gasteiger charge is 2.24. The van der Waals surface area contributed by atoms with E-state index >= 15 is 0 Å². The van der Waals surface area contributed by atoms with E-state index in [0.717, 1.165) is 17.3 Å². The van der Waals surface area contributed by atoms with Gasteiger partial charge in [0.15, 0.2) is 4.98 Å². The molecule has 2 atom stereocenters. The summed E-state index contributed by atoms with van der Waals surface area (Å²) in [6, 6.07) is 16.6. The van der Waals surface area contributed by atoms with E-state index in [1.807, 2.05) is 60.7 Å². The summed E-state index contributed by atoms with van der Waals surface area (Å²) in [5.74, 6) is -0.843. The van der Waals surface area contributed by atoms with Crippen molar-refractivity contribution in [1.82, 2.24) is 10.6 Å². The Morgan fingerprint density at radius 1 is 1.07 bits per heavy atom. The van der Waals surface area contributed by atoms with Gasteiger partial charge >= 0.3 is 12.3 Å². The lowest BCUT2D eigenvalue weighted by Crippen LogP contribution is -2.49. The number of nitrogens with one attached hydrogen (secondary N) is 2. The third kappa shape index (κ3) is 7.34. The molecule has 0 aliphatic carbocycles. The maximum atomic E-state index is 12.4. The van der Waals surface area contributed by atoms with E-state index in [1.54, 1.807) is 0 Å². The molecule has 29 heavy (non-hydrogen) atoms. The number of carbonyl (C=O) groups is 2. The number of rotatable bonds is 8. The third-order valence-electron chi connectivity index (χ3n) is 4.09. The molecule has 0 unspecified atom stereocenters. The number of hydrogen-bond acceptors (Lipinski definition) is 5. The standard InChI is InChI=1S/C21H22N4O4/c1-15(24-21(28)29-14-17-10-6-3-7-11-17)20(27)25-18(19(26)13-23-22)12-16-8-4-2-5-9-16/h2-11,13,15,18H,12,14H2,1H3,(H2-,24,25,26,27,28)/p+1/b19-13+/t15-,18-/m0/s1. The number of diazo groups is 1. The van der Waals surface area contributed by atoms with Crippen molar-refractivity contribution in [3.8, 4) is 0 Å². The first kappa shape index (κ1) is 21.4. The van der Waals surface area contributed by atoms with Gasteiger partial charge in [0, 0.05) is 6.42 Å². The SMILES string of the molecule is C[C@H](NC(=O)OCc1ccccc1)C(=O)N[C@@H](Cc1ccccc1)/C(O)=C\[N+]#N. The first-order valence-corrected chi connectivity index (χ1v) is 9.04. The largest absolute Gasteiger partial charge is 0.504 e. The highest BCUT2D eigenvalue weighted by molar-refractivity contribution is 5.85. The molecule has 0 radical (unpaired) electrons. The van der Waals surface area contributed by atoms with Gasteiger partial charge in [-0.25, -0.2) is 4.79 Å². The van der Waals surface area contributed by atoms with Crippen LogP contribution in [0.1, 0.15) is 18.1 Å². The average Bonchev–Trinajstić information content (AvgIpc) is 2.73. The molecule has 0 heterocycles. The molecule has 0 bridgehead atoms. The molecule has 0 fully saturated rings. The zero-order valence-electron chi connectivity index (χ0n) is 16.0. The van der Waals surface area contributed by atoms with E-state index in [0.29, 0.717) is 0 Å². The van der Waals surface area contributed by atoms with Crippen molar-refractivity contribution in [2.24, 2.45) is 0 Å². The minimum absolute atomic E-state index is 0.0825. The number of aliphatic hydroxyl groups is 1. The summed E-state index contributed by atoms with van der Waals surface area (Å²) in [5.41, 5.74) is 1.68. The fourth-order valence-corrected chi connectivity index (χ4v) is 2.53. The normalized spacial score (nSPS) is 12.9. The van der Waals surface area contributed by atoms with Crippen molar-refractivity contribution < 1.29 is 19.4 Å². The molecule has 2 aromatic rings. The van der Waals surface area contributed by atoms with Gasteiger partial charge in [0.2, 0.25) is 17.1 Å². The fourth-order valence-electron chi connectivity index (χ4n) is 2.53. The smallest absolute Gasteiger partial charge is 0.408 e. The summed E-state index contributed by atoms with van der Waals surface area (Å²) in [7, 11) is 0. The van der Waals surface area contributed by atoms with Crippen LogP contribution in [0.4, 0.5) is 4.79 Å². The summed E-state index contributed by atoms with van der Waals surface area (Å²) in [4.78, 5) is 27.2. The van der Waals surface area contributed by atoms with E-state index in [1.165, 1.54) is 6.92 Å². The van der Waals surface area contributed by atoms with E-state index in [-0.39, 0.29) is 18.8 Å². The van der Waals surface area contributed by atoms with E-state index in [9.17, 15) is 14.7 Å². The molecular formula is C21H23N4O4+. The predicted octanol–water partition coefficient (Wildman–Crippen LogP) is 3.28. The van der Waals surface area contributed by atoms with Crippen molar-refractivity contribution in [1.29, 1.82) is 5.39 Å². The van der Waals surface area contributed by atoms with Crippen LogP contribution in [0, 0.1) is 5.39 Å². The summed E-state index contributed by atoms with van der Waals surface area (Å²) in [6.45, 7) is 1.58. The van der Waals surface area contributed by atoms with Gasteiger partial charge in [-0.1, -0.05) is 60.7 Å². The Labute approximate surface area is 168 Å². The molecule has 2 rings (SSSR count). The molecule has 0 aliphatic heterocycles. The van der Waals surface area contributed by atoms with Crippen LogP contribution in [0.5, 0.6) is 0 Å². The summed E-state index contributed by atoms with van der Waals surface area (Å²) in [6.07, 6.45) is 0.386. The van der Waals surface area contributed by atoms with Gasteiger partial charge in [-0.3, -0.25) is 4.79 Å². The van der Waals surface area contributed by atoms with Crippen molar-refractivity contribution in [2.75, 3.05) is 0 Å². The number of alkyl carbamates (subject to hydrolysis) is 1. The molecule has 2 aromatic carbocycles. The van der Waals surface area contributed by atoms with Crippen molar-refractivity contribution in [2.45, 2.75) is 32.0 Å². The molecule has 0 aliphatic rings. The summed E-state index contributed by atoms with van der Waals surface area (Å²) >= 11 is 0. The Kier molecular flexibility index (Phi) is 8.20. The van der Waals surface area contributed by atoms with Gasteiger partial charge in [0.25, 0.3) is 0 Å². The number of nitrogens with zero attached hydrogens (tertiary/aromatic N) is 2. The highest BCUT2D eigenvalue weighted by Crippen LogP contribution is 2.09. The lowest BCUT2D eigenvalue weighted by molar-refractivity contribution is -0.123. The molecule has 3 N–H and O–H groups in total. The maximum Gasteiger partial charge on any atom is 0.408 e. The van der Waals surface area contributed by atoms with Crippen molar-refractivity contribution in [3.63, 3.8) is 0 Å². The number of benzene rings is 2. The Morgan fingerprint density at radius 3 is 2.24 bits per heavy atom. The second-order valence-corrected chi connectivity index (χ2v) is 6.35. The fraction of sp³-hybridized carbons (Fsp3) is 0.238. The van der Waals surface area contributed by atoms with Crippen LogP contribution in [-0.2, 0) is 22.6 Å². The zero-order chi connectivity index (χ0) is 21.1. The van der Waals surface area contributed by atoms with Crippen LogP contribution >= 0.6 is 0 Å². The number of ether oxygens (including phenoxy) is 1. The van der Waals surface area contributed by atoms with Gasteiger partial charge in [0.1, 0.15) is 12.6 Å². The second kappa shape index (κ2) is 11.1. The van der Waals surface area contributed by atoms with Gasteiger partial charge in [0.05, 0.1) is 6.04 Å². The quantitative estimate of drug-likeness (QED) is 0.469. The zero-order valence-corrected chi connectivity index (χ0v) is 16.0. The molecule has 2 amide bonds.